The maximum atomic E-state index is 12.1. The summed E-state index contributed by atoms with van der Waals surface area (Å²) in [6.45, 7) is 1.22. The molecule has 5 nitrogen and oxygen atoms in total. The van der Waals surface area contributed by atoms with Gasteiger partial charge in [-0.2, -0.15) is 0 Å². The van der Waals surface area contributed by atoms with Crippen molar-refractivity contribution in [1.82, 2.24) is 0 Å². The topological polar surface area (TPSA) is 73.6 Å². The highest BCUT2D eigenvalue weighted by Gasteiger charge is 2.19. The van der Waals surface area contributed by atoms with E-state index in [1.165, 1.54) is 11.3 Å². The number of ether oxygens (including phenoxy) is 2. The third-order valence-electron chi connectivity index (χ3n) is 3.20. The summed E-state index contributed by atoms with van der Waals surface area (Å²) in [5, 5.41) is 4.71. The van der Waals surface area contributed by atoms with Crippen molar-refractivity contribution in [3.63, 3.8) is 0 Å². The second-order valence-electron chi connectivity index (χ2n) is 4.68. The molecule has 0 spiro atoms. The standard InChI is InChI=1S/C15H16N2O3S/c16-13(12-2-1-9-21-12)14(18)17-11-5-3-10(4-6-11)15-19-7-8-20-15/h1-6,9,13,15H,7-8,16H2,(H,17,18). The Morgan fingerprint density at radius 1 is 1.24 bits per heavy atom. The smallest absolute Gasteiger partial charge is 0.246 e. The number of hydrogen-bond acceptors (Lipinski definition) is 5. The molecule has 1 atom stereocenters. The molecule has 2 aromatic rings. The second-order valence-corrected chi connectivity index (χ2v) is 5.66. The Hall–Kier alpha value is -1.73. The number of anilines is 1. The molecule has 2 heterocycles. The summed E-state index contributed by atoms with van der Waals surface area (Å²) in [4.78, 5) is 12.9. The van der Waals surface area contributed by atoms with Crippen LogP contribution in [0, 0.1) is 0 Å². The highest BCUT2D eigenvalue weighted by Crippen LogP contribution is 2.25. The van der Waals surface area contributed by atoms with Gasteiger partial charge in [-0.1, -0.05) is 18.2 Å². The maximum absolute atomic E-state index is 12.1. The van der Waals surface area contributed by atoms with E-state index in [0.29, 0.717) is 18.9 Å². The SMILES string of the molecule is NC(C(=O)Nc1ccc(C2OCCO2)cc1)c1cccs1. The fourth-order valence-corrected chi connectivity index (χ4v) is 2.82. The molecule has 1 unspecified atom stereocenters. The van der Waals surface area contributed by atoms with Crippen molar-refractivity contribution in [2.45, 2.75) is 12.3 Å². The molecule has 1 amide bonds. The van der Waals surface area contributed by atoms with Crippen LogP contribution in [0.3, 0.4) is 0 Å². The summed E-state index contributed by atoms with van der Waals surface area (Å²) in [6, 6.07) is 10.5. The monoisotopic (exact) mass is 304 g/mol. The lowest BCUT2D eigenvalue weighted by Gasteiger charge is -2.12. The summed E-state index contributed by atoms with van der Waals surface area (Å²) in [5.74, 6) is -0.224. The minimum absolute atomic E-state index is 0.224. The molecule has 0 radical (unpaired) electrons. The van der Waals surface area contributed by atoms with Gasteiger partial charge in [0.25, 0.3) is 0 Å². The lowest BCUT2D eigenvalue weighted by atomic mass is 10.2. The Bertz CT molecular complexity index is 592. The summed E-state index contributed by atoms with van der Waals surface area (Å²) in [5.41, 5.74) is 7.56. The van der Waals surface area contributed by atoms with Gasteiger partial charge in [0.15, 0.2) is 6.29 Å². The van der Waals surface area contributed by atoms with Crippen LogP contribution in [0.1, 0.15) is 22.8 Å². The van der Waals surface area contributed by atoms with Gasteiger partial charge in [0.1, 0.15) is 6.04 Å². The van der Waals surface area contributed by atoms with Gasteiger partial charge in [-0.05, 0) is 23.6 Å². The maximum Gasteiger partial charge on any atom is 0.246 e. The van der Waals surface area contributed by atoms with Crippen molar-refractivity contribution in [2.24, 2.45) is 5.73 Å². The number of carbonyl (C=O) groups excluding carboxylic acids is 1. The van der Waals surface area contributed by atoms with Crippen molar-refractivity contribution in [2.75, 3.05) is 18.5 Å². The van der Waals surface area contributed by atoms with Crippen molar-refractivity contribution >= 4 is 22.9 Å². The van der Waals surface area contributed by atoms with E-state index in [1.54, 1.807) is 0 Å². The fraction of sp³-hybridized carbons (Fsp3) is 0.267. The van der Waals surface area contributed by atoms with E-state index in [4.69, 9.17) is 15.2 Å². The molecule has 1 aliphatic rings. The Labute approximate surface area is 126 Å². The number of nitrogens with one attached hydrogen (secondary N) is 1. The molecule has 1 aromatic heterocycles. The van der Waals surface area contributed by atoms with Crippen molar-refractivity contribution in [3.05, 3.63) is 52.2 Å². The Kier molecular flexibility index (Phi) is 4.31. The van der Waals surface area contributed by atoms with E-state index < -0.39 is 6.04 Å². The van der Waals surface area contributed by atoms with Gasteiger partial charge in [-0.3, -0.25) is 4.79 Å². The first-order valence-corrected chi connectivity index (χ1v) is 7.55. The predicted octanol–water partition coefficient (Wildman–Crippen LogP) is 2.43. The van der Waals surface area contributed by atoms with Crippen LogP contribution in [0.4, 0.5) is 5.69 Å². The average molecular weight is 304 g/mol. The zero-order chi connectivity index (χ0) is 14.7. The van der Waals surface area contributed by atoms with Crippen LogP contribution in [-0.2, 0) is 14.3 Å². The third-order valence-corrected chi connectivity index (χ3v) is 4.16. The Morgan fingerprint density at radius 3 is 2.57 bits per heavy atom. The van der Waals surface area contributed by atoms with Gasteiger partial charge in [0.05, 0.1) is 13.2 Å². The lowest BCUT2D eigenvalue weighted by molar-refractivity contribution is -0.117. The van der Waals surface area contributed by atoms with Crippen molar-refractivity contribution in [3.8, 4) is 0 Å². The Balaban J connectivity index is 1.63. The number of nitrogens with two attached hydrogens (primary N) is 1. The van der Waals surface area contributed by atoms with Crippen molar-refractivity contribution < 1.29 is 14.3 Å². The van der Waals surface area contributed by atoms with Crippen LogP contribution in [0.25, 0.3) is 0 Å². The first kappa shape index (κ1) is 14.2. The number of hydrogen-bond donors (Lipinski definition) is 2. The molecule has 1 aliphatic heterocycles. The first-order valence-electron chi connectivity index (χ1n) is 6.67. The van der Waals surface area contributed by atoms with Crippen LogP contribution in [0.5, 0.6) is 0 Å². The molecular weight excluding hydrogens is 288 g/mol. The number of rotatable bonds is 4. The Morgan fingerprint density at radius 2 is 1.95 bits per heavy atom. The van der Waals surface area contributed by atoms with Crippen LogP contribution in [0.15, 0.2) is 41.8 Å². The van der Waals surface area contributed by atoms with Gasteiger partial charge in [-0.15, -0.1) is 11.3 Å². The molecule has 1 saturated heterocycles. The largest absolute Gasteiger partial charge is 0.346 e. The lowest BCUT2D eigenvalue weighted by Crippen LogP contribution is -2.26. The summed E-state index contributed by atoms with van der Waals surface area (Å²) in [6.07, 6.45) is -0.303. The average Bonchev–Trinajstić information content (AvgIpc) is 3.20. The van der Waals surface area contributed by atoms with Gasteiger partial charge >= 0.3 is 0 Å². The zero-order valence-corrected chi connectivity index (χ0v) is 12.1. The van der Waals surface area contributed by atoms with Crippen LogP contribution in [-0.4, -0.2) is 19.1 Å². The molecule has 1 fully saturated rings. The van der Waals surface area contributed by atoms with Crippen LogP contribution in [0.2, 0.25) is 0 Å². The quantitative estimate of drug-likeness (QED) is 0.910. The molecule has 0 bridgehead atoms. The fourth-order valence-electron chi connectivity index (χ4n) is 2.09. The van der Waals surface area contributed by atoms with Crippen LogP contribution >= 0.6 is 11.3 Å². The molecule has 110 valence electrons. The van der Waals surface area contributed by atoms with Gasteiger partial charge in [0, 0.05) is 16.1 Å². The highest BCUT2D eigenvalue weighted by molar-refractivity contribution is 7.10. The van der Waals surface area contributed by atoms with Crippen molar-refractivity contribution in [1.29, 1.82) is 0 Å². The van der Waals surface area contributed by atoms with E-state index in [1.807, 2.05) is 41.8 Å². The molecule has 0 aliphatic carbocycles. The van der Waals surface area contributed by atoms with Gasteiger partial charge in [-0.25, -0.2) is 0 Å². The second kappa shape index (κ2) is 6.36. The van der Waals surface area contributed by atoms with E-state index in [2.05, 4.69) is 5.32 Å². The highest BCUT2D eigenvalue weighted by atomic mass is 32.1. The molecule has 3 N–H and O–H groups in total. The summed E-state index contributed by atoms with van der Waals surface area (Å²) in [7, 11) is 0. The summed E-state index contributed by atoms with van der Waals surface area (Å²) >= 11 is 1.47. The molecule has 1 aromatic carbocycles. The van der Waals surface area contributed by atoms with Gasteiger partial charge < -0.3 is 20.5 Å². The molecule has 6 heteroatoms. The molecular formula is C15H16N2O3S. The van der Waals surface area contributed by atoms with E-state index >= 15 is 0 Å². The van der Waals surface area contributed by atoms with E-state index in [0.717, 1.165) is 10.4 Å². The number of benzene rings is 1. The molecule has 0 saturated carbocycles. The minimum atomic E-state index is -0.647. The predicted molar refractivity (Wildman–Crippen MR) is 81.0 cm³/mol. The summed E-state index contributed by atoms with van der Waals surface area (Å²) < 4.78 is 10.8. The van der Waals surface area contributed by atoms with Gasteiger partial charge in [0.2, 0.25) is 5.91 Å². The van der Waals surface area contributed by atoms with Crippen LogP contribution < -0.4 is 11.1 Å². The third kappa shape index (κ3) is 3.30. The minimum Gasteiger partial charge on any atom is -0.346 e. The first-order chi connectivity index (χ1) is 10.2. The normalized spacial score (nSPS) is 16.8. The molecule has 3 rings (SSSR count). The van der Waals surface area contributed by atoms with E-state index in [-0.39, 0.29) is 12.2 Å². The number of carbonyl (C=O) groups is 1. The number of thiophene rings is 1. The zero-order valence-electron chi connectivity index (χ0n) is 11.3. The van der Waals surface area contributed by atoms with E-state index in [9.17, 15) is 4.79 Å². The number of amides is 1. The molecule has 21 heavy (non-hydrogen) atoms.